The molecule has 3 N–H and O–H groups in total. The topological polar surface area (TPSA) is 66.6 Å². The summed E-state index contributed by atoms with van der Waals surface area (Å²) in [5.41, 5.74) is 6.70. The van der Waals surface area contributed by atoms with Crippen molar-refractivity contribution in [2.75, 3.05) is 13.1 Å². The van der Waals surface area contributed by atoms with Crippen LogP contribution in [0.1, 0.15) is 56.6 Å². The molecule has 1 saturated heterocycles. The Morgan fingerprint density at radius 1 is 1.16 bits per heavy atom. The molecule has 1 aliphatic heterocycles. The smallest absolute Gasteiger partial charge is 0.225 e. The van der Waals surface area contributed by atoms with Crippen LogP contribution >= 0.6 is 12.4 Å². The standard InChI is InChI=1S/C20H30N2O2.ClH/c21-14-15-8-10-17(11-9-15)20(24)22-12-4-7-18(22)13-19(23)16-5-2-1-3-6-16;/h1-3,5-6,15,17-19,23H,4,7-14,21H2;1H. The Kier molecular flexibility index (Phi) is 7.73. The van der Waals surface area contributed by atoms with Gasteiger partial charge >= 0.3 is 0 Å². The maximum atomic E-state index is 12.9. The van der Waals surface area contributed by atoms with Crippen LogP contribution in [0, 0.1) is 11.8 Å². The summed E-state index contributed by atoms with van der Waals surface area (Å²) >= 11 is 0. The molecule has 2 unspecified atom stereocenters. The lowest BCUT2D eigenvalue weighted by atomic mass is 9.81. The summed E-state index contributed by atoms with van der Waals surface area (Å²) < 4.78 is 0. The van der Waals surface area contributed by atoms with Crippen molar-refractivity contribution in [1.29, 1.82) is 0 Å². The van der Waals surface area contributed by atoms with Crippen molar-refractivity contribution in [1.82, 2.24) is 4.90 Å². The summed E-state index contributed by atoms with van der Waals surface area (Å²) in [4.78, 5) is 15.0. The van der Waals surface area contributed by atoms with E-state index in [0.717, 1.165) is 57.2 Å². The molecule has 4 nitrogen and oxygen atoms in total. The van der Waals surface area contributed by atoms with Crippen LogP contribution in [-0.4, -0.2) is 35.0 Å². The number of hydrogen-bond acceptors (Lipinski definition) is 3. The van der Waals surface area contributed by atoms with E-state index in [1.54, 1.807) is 0 Å². The van der Waals surface area contributed by atoms with Crippen LogP contribution in [0.3, 0.4) is 0 Å². The Morgan fingerprint density at radius 2 is 1.84 bits per heavy atom. The van der Waals surface area contributed by atoms with Crippen molar-refractivity contribution in [3.05, 3.63) is 35.9 Å². The average molecular weight is 367 g/mol. The first kappa shape index (κ1) is 20.2. The lowest BCUT2D eigenvalue weighted by Gasteiger charge is -2.33. The summed E-state index contributed by atoms with van der Waals surface area (Å²) in [5, 5.41) is 10.5. The maximum absolute atomic E-state index is 12.9. The SMILES string of the molecule is Cl.NCC1CCC(C(=O)N2CCCC2CC(O)c2ccccc2)CC1. The molecule has 1 aromatic carbocycles. The van der Waals surface area contributed by atoms with Crippen molar-refractivity contribution in [2.24, 2.45) is 17.6 Å². The van der Waals surface area contributed by atoms with E-state index in [-0.39, 0.29) is 24.4 Å². The van der Waals surface area contributed by atoms with Gasteiger partial charge in [0.1, 0.15) is 0 Å². The van der Waals surface area contributed by atoms with Gasteiger partial charge in [-0.2, -0.15) is 0 Å². The largest absolute Gasteiger partial charge is 0.388 e. The van der Waals surface area contributed by atoms with Gasteiger partial charge in [-0.25, -0.2) is 0 Å². The van der Waals surface area contributed by atoms with E-state index in [0.29, 0.717) is 18.2 Å². The first-order valence-corrected chi connectivity index (χ1v) is 9.42. The van der Waals surface area contributed by atoms with Crippen LogP contribution in [0.15, 0.2) is 30.3 Å². The number of carbonyl (C=O) groups excluding carboxylic acids is 1. The minimum Gasteiger partial charge on any atom is -0.388 e. The van der Waals surface area contributed by atoms with Gasteiger partial charge in [0.05, 0.1) is 6.10 Å². The highest BCUT2D eigenvalue weighted by Gasteiger charge is 2.35. The quantitative estimate of drug-likeness (QED) is 0.840. The molecule has 2 fully saturated rings. The zero-order valence-electron chi connectivity index (χ0n) is 14.8. The Morgan fingerprint density at radius 3 is 2.48 bits per heavy atom. The summed E-state index contributed by atoms with van der Waals surface area (Å²) in [6.45, 7) is 1.60. The summed E-state index contributed by atoms with van der Waals surface area (Å²) in [6, 6.07) is 9.96. The van der Waals surface area contributed by atoms with E-state index in [1.165, 1.54) is 0 Å². The number of nitrogens with two attached hydrogens (primary N) is 1. The fourth-order valence-corrected chi connectivity index (χ4v) is 4.32. The van der Waals surface area contributed by atoms with Crippen LogP contribution in [0.5, 0.6) is 0 Å². The number of amides is 1. The zero-order valence-corrected chi connectivity index (χ0v) is 15.7. The first-order valence-electron chi connectivity index (χ1n) is 9.42. The van der Waals surface area contributed by atoms with E-state index < -0.39 is 6.10 Å². The third-order valence-corrected chi connectivity index (χ3v) is 5.87. The molecule has 0 bridgehead atoms. The molecule has 1 amide bonds. The van der Waals surface area contributed by atoms with Gasteiger partial charge in [0.2, 0.25) is 5.91 Å². The van der Waals surface area contributed by atoms with Gasteiger partial charge in [0, 0.05) is 18.5 Å². The first-order chi connectivity index (χ1) is 11.7. The molecule has 5 heteroatoms. The predicted octanol–water partition coefficient (Wildman–Crippen LogP) is 3.29. The van der Waals surface area contributed by atoms with E-state index in [2.05, 4.69) is 4.90 Å². The highest BCUT2D eigenvalue weighted by molar-refractivity contribution is 5.85. The number of aliphatic hydroxyl groups excluding tert-OH is 1. The molecular formula is C20H31ClN2O2. The molecule has 1 aromatic rings. The van der Waals surface area contributed by atoms with E-state index >= 15 is 0 Å². The Balaban J connectivity index is 0.00000225. The highest BCUT2D eigenvalue weighted by atomic mass is 35.5. The minimum absolute atomic E-state index is 0. The molecule has 0 aromatic heterocycles. The van der Waals surface area contributed by atoms with E-state index in [4.69, 9.17) is 5.73 Å². The second kappa shape index (κ2) is 9.56. The van der Waals surface area contributed by atoms with Crippen molar-refractivity contribution < 1.29 is 9.90 Å². The fourth-order valence-electron chi connectivity index (χ4n) is 4.32. The Hall–Kier alpha value is -1.10. The number of carbonyl (C=O) groups is 1. The molecular weight excluding hydrogens is 336 g/mol. The predicted molar refractivity (Wildman–Crippen MR) is 103 cm³/mol. The normalized spacial score (nSPS) is 27.6. The van der Waals surface area contributed by atoms with Crippen LogP contribution in [0.25, 0.3) is 0 Å². The van der Waals surface area contributed by atoms with Crippen molar-refractivity contribution >= 4 is 18.3 Å². The van der Waals surface area contributed by atoms with Crippen LogP contribution in [0.2, 0.25) is 0 Å². The summed E-state index contributed by atoms with van der Waals surface area (Å²) in [5.74, 6) is 1.08. The van der Waals surface area contributed by atoms with Gasteiger partial charge in [0.25, 0.3) is 0 Å². The molecule has 2 atom stereocenters. The second-order valence-electron chi connectivity index (χ2n) is 7.44. The number of benzene rings is 1. The Labute approximate surface area is 157 Å². The van der Waals surface area contributed by atoms with Crippen molar-refractivity contribution in [3.63, 3.8) is 0 Å². The molecule has 3 rings (SSSR count). The number of hydrogen-bond donors (Lipinski definition) is 2. The van der Waals surface area contributed by atoms with Gasteiger partial charge in [-0.1, -0.05) is 30.3 Å². The van der Waals surface area contributed by atoms with Crippen LogP contribution < -0.4 is 5.73 Å². The fraction of sp³-hybridized carbons (Fsp3) is 0.650. The molecule has 1 saturated carbocycles. The maximum Gasteiger partial charge on any atom is 0.225 e. The second-order valence-corrected chi connectivity index (χ2v) is 7.44. The molecule has 140 valence electrons. The number of rotatable bonds is 5. The number of nitrogens with zero attached hydrogens (tertiary/aromatic N) is 1. The highest BCUT2D eigenvalue weighted by Crippen LogP contribution is 2.33. The van der Waals surface area contributed by atoms with Gasteiger partial charge in [-0.3, -0.25) is 4.79 Å². The lowest BCUT2D eigenvalue weighted by Crippen LogP contribution is -2.41. The van der Waals surface area contributed by atoms with Crippen molar-refractivity contribution in [2.45, 2.75) is 57.1 Å². The van der Waals surface area contributed by atoms with Crippen molar-refractivity contribution in [3.8, 4) is 0 Å². The van der Waals surface area contributed by atoms with E-state index in [1.807, 2.05) is 30.3 Å². The van der Waals surface area contributed by atoms with Gasteiger partial charge < -0.3 is 15.7 Å². The molecule has 0 radical (unpaired) electrons. The lowest BCUT2D eigenvalue weighted by molar-refractivity contribution is -0.138. The zero-order chi connectivity index (χ0) is 16.9. The molecule has 1 heterocycles. The van der Waals surface area contributed by atoms with Gasteiger partial charge in [-0.05, 0) is 63.0 Å². The Bertz CT molecular complexity index is 532. The molecule has 0 spiro atoms. The van der Waals surface area contributed by atoms with Crippen LogP contribution in [-0.2, 0) is 4.79 Å². The molecule has 25 heavy (non-hydrogen) atoms. The van der Waals surface area contributed by atoms with Gasteiger partial charge in [-0.15, -0.1) is 12.4 Å². The third kappa shape index (κ3) is 4.96. The summed E-state index contributed by atoms with van der Waals surface area (Å²) in [7, 11) is 0. The van der Waals surface area contributed by atoms with Crippen LogP contribution in [0.4, 0.5) is 0 Å². The monoisotopic (exact) mass is 366 g/mol. The molecule has 2 aliphatic rings. The van der Waals surface area contributed by atoms with Gasteiger partial charge in [0.15, 0.2) is 0 Å². The average Bonchev–Trinajstić information content (AvgIpc) is 3.10. The summed E-state index contributed by atoms with van der Waals surface area (Å²) in [6.07, 6.45) is 6.34. The number of likely N-dealkylation sites (tertiary alicyclic amines) is 1. The van der Waals surface area contributed by atoms with E-state index in [9.17, 15) is 9.90 Å². The molecule has 1 aliphatic carbocycles. The number of halogens is 1. The third-order valence-electron chi connectivity index (χ3n) is 5.87. The number of aliphatic hydroxyl groups is 1. The minimum atomic E-state index is -0.488.